The number of hydrogen-bond acceptors (Lipinski definition) is 2. The molecule has 1 aliphatic rings. The molecule has 1 aliphatic heterocycles. The van der Waals surface area contributed by atoms with Gasteiger partial charge in [0.25, 0.3) is 0 Å². The summed E-state index contributed by atoms with van der Waals surface area (Å²) in [5.41, 5.74) is 1.83. The molecule has 2 N–H and O–H groups in total. The molecule has 3 rings (SSSR count). The number of nitrogens with zero attached hydrogens (tertiary/aromatic N) is 1. The molecule has 2 aromatic carbocycles. The SMILES string of the molecule is CC1CCN(C(=O)NCc2ccc(C(=O)O)cc2)C1c1cccc(F)c1. The number of carboxylic acids is 1. The minimum absolute atomic E-state index is 0.153. The first kappa shape index (κ1) is 17.9. The molecule has 26 heavy (non-hydrogen) atoms. The number of carbonyl (C=O) groups excluding carboxylic acids is 1. The quantitative estimate of drug-likeness (QED) is 0.875. The Labute approximate surface area is 151 Å². The number of rotatable bonds is 4. The van der Waals surface area contributed by atoms with Crippen LogP contribution in [0.2, 0.25) is 0 Å². The van der Waals surface area contributed by atoms with Gasteiger partial charge in [-0.15, -0.1) is 0 Å². The molecule has 1 saturated heterocycles. The Balaban J connectivity index is 1.67. The van der Waals surface area contributed by atoms with Crippen LogP contribution in [0.4, 0.5) is 9.18 Å². The Morgan fingerprint density at radius 2 is 1.96 bits per heavy atom. The van der Waals surface area contributed by atoms with Crippen molar-refractivity contribution >= 4 is 12.0 Å². The zero-order valence-corrected chi connectivity index (χ0v) is 14.5. The zero-order valence-electron chi connectivity index (χ0n) is 14.5. The van der Waals surface area contributed by atoms with Gasteiger partial charge in [-0.25, -0.2) is 14.0 Å². The molecule has 0 saturated carbocycles. The molecular formula is C20H21FN2O3. The number of nitrogens with one attached hydrogen (secondary N) is 1. The highest BCUT2D eigenvalue weighted by molar-refractivity contribution is 5.87. The maximum Gasteiger partial charge on any atom is 0.335 e. The zero-order chi connectivity index (χ0) is 18.7. The number of amides is 2. The third-order valence-electron chi connectivity index (χ3n) is 4.80. The fourth-order valence-corrected chi connectivity index (χ4v) is 3.42. The van der Waals surface area contributed by atoms with E-state index >= 15 is 0 Å². The predicted molar refractivity (Wildman–Crippen MR) is 95.3 cm³/mol. The summed E-state index contributed by atoms with van der Waals surface area (Å²) in [6, 6.07) is 12.4. The fourth-order valence-electron chi connectivity index (χ4n) is 3.42. The van der Waals surface area contributed by atoms with E-state index in [1.807, 2.05) is 6.07 Å². The Hall–Kier alpha value is -2.89. The molecule has 0 bridgehead atoms. The van der Waals surface area contributed by atoms with Crippen LogP contribution < -0.4 is 5.32 Å². The molecule has 5 nitrogen and oxygen atoms in total. The van der Waals surface area contributed by atoms with Crippen LogP contribution >= 0.6 is 0 Å². The number of carbonyl (C=O) groups is 2. The summed E-state index contributed by atoms with van der Waals surface area (Å²) in [7, 11) is 0. The lowest BCUT2D eigenvalue weighted by Gasteiger charge is -2.27. The maximum absolute atomic E-state index is 13.6. The average Bonchev–Trinajstić information content (AvgIpc) is 3.01. The number of aromatic carboxylic acids is 1. The van der Waals surface area contributed by atoms with E-state index in [1.54, 1.807) is 23.1 Å². The topological polar surface area (TPSA) is 69.6 Å². The molecule has 136 valence electrons. The lowest BCUT2D eigenvalue weighted by molar-refractivity contribution is 0.0697. The van der Waals surface area contributed by atoms with Gasteiger partial charge in [0.1, 0.15) is 5.82 Å². The summed E-state index contributed by atoms with van der Waals surface area (Å²) in [5, 5.41) is 11.8. The summed E-state index contributed by atoms with van der Waals surface area (Å²) < 4.78 is 13.6. The minimum Gasteiger partial charge on any atom is -0.478 e. The van der Waals surface area contributed by atoms with E-state index in [2.05, 4.69) is 12.2 Å². The van der Waals surface area contributed by atoms with Gasteiger partial charge in [-0.3, -0.25) is 0 Å². The standard InChI is InChI=1S/C20H21FN2O3/c1-13-9-10-23(18(13)16-3-2-4-17(21)11-16)20(26)22-12-14-5-7-15(8-6-14)19(24)25/h2-8,11,13,18H,9-10,12H2,1H3,(H,22,26)(H,24,25). The Kier molecular flexibility index (Phi) is 5.21. The van der Waals surface area contributed by atoms with E-state index in [4.69, 9.17) is 5.11 Å². The monoisotopic (exact) mass is 356 g/mol. The highest BCUT2D eigenvalue weighted by atomic mass is 19.1. The second-order valence-electron chi connectivity index (χ2n) is 6.62. The van der Waals surface area contributed by atoms with Crippen molar-refractivity contribution < 1.29 is 19.1 Å². The van der Waals surface area contributed by atoms with Crippen molar-refractivity contribution in [2.75, 3.05) is 6.54 Å². The van der Waals surface area contributed by atoms with E-state index in [-0.39, 0.29) is 29.4 Å². The number of benzene rings is 2. The van der Waals surface area contributed by atoms with E-state index in [0.29, 0.717) is 13.1 Å². The normalized spacial score (nSPS) is 19.4. The molecule has 2 atom stereocenters. The van der Waals surface area contributed by atoms with Crippen LogP contribution in [0, 0.1) is 11.7 Å². The van der Waals surface area contributed by atoms with E-state index in [1.165, 1.54) is 24.3 Å². The summed E-state index contributed by atoms with van der Waals surface area (Å²) >= 11 is 0. The van der Waals surface area contributed by atoms with Crippen molar-refractivity contribution in [3.63, 3.8) is 0 Å². The van der Waals surface area contributed by atoms with Crippen molar-refractivity contribution in [2.45, 2.75) is 25.9 Å². The highest BCUT2D eigenvalue weighted by Gasteiger charge is 2.35. The first-order valence-electron chi connectivity index (χ1n) is 8.58. The molecule has 0 spiro atoms. The number of likely N-dealkylation sites (tertiary alicyclic amines) is 1. The molecule has 2 unspecified atom stereocenters. The van der Waals surface area contributed by atoms with Gasteiger partial charge in [0.2, 0.25) is 0 Å². The van der Waals surface area contributed by atoms with Crippen molar-refractivity contribution in [1.82, 2.24) is 10.2 Å². The molecule has 0 aliphatic carbocycles. The second-order valence-corrected chi connectivity index (χ2v) is 6.62. The third kappa shape index (κ3) is 3.85. The molecule has 1 heterocycles. The summed E-state index contributed by atoms with van der Waals surface area (Å²) in [6.45, 7) is 2.99. The van der Waals surface area contributed by atoms with Crippen molar-refractivity contribution in [3.8, 4) is 0 Å². The van der Waals surface area contributed by atoms with Gasteiger partial charge in [0.15, 0.2) is 0 Å². The van der Waals surface area contributed by atoms with Gasteiger partial charge in [0.05, 0.1) is 11.6 Å². The van der Waals surface area contributed by atoms with Gasteiger partial charge in [-0.05, 0) is 47.7 Å². The largest absolute Gasteiger partial charge is 0.478 e. The van der Waals surface area contributed by atoms with Gasteiger partial charge in [-0.2, -0.15) is 0 Å². The lowest BCUT2D eigenvalue weighted by atomic mass is 9.95. The first-order chi connectivity index (χ1) is 12.5. The van der Waals surface area contributed by atoms with Crippen LogP contribution in [0.15, 0.2) is 48.5 Å². The molecule has 0 aromatic heterocycles. The van der Waals surface area contributed by atoms with Crippen LogP contribution in [0.25, 0.3) is 0 Å². The fraction of sp³-hybridized carbons (Fsp3) is 0.300. The molecule has 0 radical (unpaired) electrons. The summed E-state index contributed by atoms with van der Waals surface area (Å²) in [6.07, 6.45) is 0.863. The number of halogens is 1. The van der Waals surface area contributed by atoms with Crippen molar-refractivity contribution in [1.29, 1.82) is 0 Å². The minimum atomic E-state index is -0.982. The summed E-state index contributed by atoms with van der Waals surface area (Å²) in [5.74, 6) is -1.04. The van der Waals surface area contributed by atoms with Crippen LogP contribution in [0.5, 0.6) is 0 Å². The molecule has 2 aromatic rings. The predicted octanol–water partition coefficient (Wildman–Crippen LogP) is 3.82. The second kappa shape index (κ2) is 7.56. The third-order valence-corrected chi connectivity index (χ3v) is 4.80. The Morgan fingerprint density at radius 3 is 2.62 bits per heavy atom. The number of carboxylic acid groups (broad SMARTS) is 1. The smallest absolute Gasteiger partial charge is 0.335 e. The molecule has 1 fully saturated rings. The van der Waals surface area contributed by atoms with Gasteiger partial charge < -0.3 is 15.3 Å². The highest BCUT2D eigenvalue weighted by Crippen LogP contribution is 2.37. The molecular weight excluding hydrogens is 335 g/mol. The van der Waals surface area contributed by atoms with E-state index in [9.17, 15) is 14.0 Å². The van der Waals surface area contributed by atoms with Crippen LogP contribution in [0.3, 0.4) is 0 Å². The van der Waals surface area contributed by atoms with Crippen LogP contribution in [-0.2, 0) is 6.54 Å². The first-order valence-corrected chi connectivity index (χ1v) is 8.58. The van der Waals surface area contributed by atoms with Crippen LogP contribution in [0.1, 0.15) is 40.9 Å². The number of urea groups is 1. The lowest BCUT2D eigenvalue weighted by Crippen LogP contribution is -2.39. The average molecular weight is 356 g/mol. The van der Waals surface area contributed by atoms with E-state index < -0.39 is 5.97 Å². The molecule has 2 amide bonds. The maximum atomic E-state index is 13.6. The van der Waals surface area contributed by atoms with Crippen molar-refractivity contribution in [2.24, 2.45) is 5.92 Å². The van der Waals surface area contributed by atoms with E-state index in [0.717, 1.165) is 17.5 Å². The van der Waals surface area contributed by atoms with Gasteiger partial charge in [-0.1, -0.05) is 31.2 Å². The summed E-state index contributed by atoms with van der Waals surface area (Å²) in [4.78, 5) is 25.3. The van der Waals surface area contributed by atoms with Gasteiger partial charge in [0, 0.05) is 13.1 Å². The molecule has 6 heteroatoms. The number of hydrogen-bond donors (Lipinski definition) is 2. The Morgan fingerprint density at radius 1 is 1.23 bits per heavy atom. The Bertz CT molecular complexity index is 807. The van der Waals surface area contributed by atoms with Gasteiger partial charge >= 0.3 is 12.0 Å². The van der Waals surface area contributed by atoms with Crippen molar-refractivity contribution in [3.05, 3.63) is 71.0 Å². The van der Waals surface area contributed by atoms with Crippen LogP contribution in [-0.4, -0.2) is 28.6 Å².